The Morgan fingerprint density at radius 2 is 1.66 bits per heavy atom. The summed E-state index contributed by atoms with van der Waals surface area (Å²) < 4.78 is 11.0. The van der Waals surface area contributed by atoms with E-state index in [1.54, 1.807) is 36.7 Å². The van der Waals surface area contributed by atoms with Gasteiger partial charge in [-0.05, 0) is 128 Å². The summed E-state index contributed by atoms with van der Waals surface area (Å²) in [6.07, 6.45) is 10.8. The number of ketones is 2. The van der Waals surface area contributed by atoms with Crippen LogP contribution in [0.1, 0.15) is 90.1 Å². The summed E-state index contributed by atoms with van der Waals surface area (Å²) in [6, 6.07) is 20.4. The average molecular weight is 826 g/mol. The highest BCUT2D eigenvalue weighted by atomic mass is 16.5. The number of pyridine rings is 1. The molecule has 12 heteroatoms. The number of hydrogen-bond acceptors (Lipinski definition) is 11. The molecule has 3 saturated carbocycles. The lowest BCUT2D eigenvalue weighted by atomic mass is 9.46. The normalized spacial score (nSPS) is 28.1. The molecule has 1 aromatic heterocycles. The fraction of sp³-hybridized carbons (Fsp3) is 0.388. The Morgan fingerprint density at radius 3 is 2.38 bits per heavy atom. The van der Waals surface area contributed by atoms with Gasteiger partial charge in [0.25, 0.3) is 0 Å². The first-order valence-electron chi connectivity index (χ1n) is 21.0. The van der Waals surface area contributed by atoms with Crippen LogP contribution >= 0.6 is 0 Å². The van der Waals surface area contributed by atoms with Crippen LogP contribution in [-0.2, 0) is 30.5 Å². The number of nitrogens with zero attached hydrogens (tertiary/aromatic N) is 1. The predicted molar refractivity (Wildman–Crippen MR) is 227 cm³/mol. The van der Waals surface area contributed by atoms with E-state index in [-0.39, 0.29) is 60.0 Å². The molecule has 316 valence electrons. The number of Topliss-reactive ketones (excluding diaryl/α,β-unsaturated/α-hetero) is 1. The Kier molecular flexibility index (Phi) is 11.4. The minimum absolute atomic E-state index is 0.0265. The number of esters is 2. The number of hydrogen-bond donors (Lipinski definition) is 4. The van der Waals surface area contributed by atoms with Crippen LogP contribution in [0.2, 0.25) is 0 Å². The molecule has 8 atom stereocenters. The van der Waals surface area contributed by atoms with E-state index in [0.717, 1.165) is 28.3 Å². The number of nitrogens with two attached hydrogens (primary N) is 1. The maximum Gasteiger partial charge on any atom is 0.338 e. The molecule has 0 radical (unpaired) electrons. The lowest BCUT2D eigenvalue weighted by molar-refractivity contribution is -0.178. The van der Waals surface area contributed by atoms with Crippen molar-refractivity contribution in [3.8, 4) is 0 Å². The molecule has 12 nitrogen and oxygen atoms in total. The average Bonchev–Trinajstić information content (AvgIpc) is 3.53. The maximum absolute atomic E-state index is 13.8. The van der Waals surface area contributed by atoms with E-state index in [2.05, 4.69) is 17.2 Å². The molecule has 1 unspecified atom stereocenters. The molecule has 4 aliphatic carbocycles. The molecule has 0 saturated heterocycles. The number of nitrogens with one attached hydrogen (secondary N) is 1. The van der Waals surface area contributed by atoms with Gasteiger partial charge >= 0.3 is 11.9 Å². The third-order valence-corrected chi connectivity index (χ3v) is 14.2. The molecule has 5 N–H and O–H groups in total. The number of anilines is 1. The van der Waals surface area contributed by atoms with Gasteiger partial charge in [-0.15, -0.1) is 0 Å². The number of allylic oxidation sites excluding steroid dienone is 4. The summed E-state index contributed by atoms with van der Waals surface area (Å²) in [5.74, 6) is -2.84. The van der Waals surface area contributed by atoms with Gasteiger partial charge in [0.15, 0.2) is 12.4 Å². The van der Waals surface area contributed by atoms with E-state index >= 15 is 0 Å². The largest absolute Gasteiger partial charge is 0.457 e. The lowest BCUT2D eigenvalue weighted by Gasteiger charge is -2.59. The first-order chi connectivity index (χ1) is 29.2. The van der Waals surface area contributed by atoms with Crippen molar-refractivity contribution < 1.29 is 43.7 Å². The Balaban J connectivity index is 0.835. The monoisotopic (exact) mass is 825 g/mol. The molecular weight excluding hydrogens is 775 g/mol. The van der Waals surface area contributed by atoms with Crippen molar-refractivity contribution in [2.45, 2.75) is 76.6 Å². The number of aliphatic hydroxyl groups excluding tert-OH is 1. The zero-order chi connectivity index (χ0) is 43.1. The summed E-state index contributed by atoms with van der Waals surface area (Å²) >= 11 is 0. The fourth-order valence-corrected chi connectivity index (χ4v) is 10.9. The number of ether oxygens (including phenoxy) is 2. The van der Waals surface area contributed by atoms with Crippen LogP contribution in [-0.4, -0.2) is 69.5 Å². The van der Waals surface area contributed by atoms with Crippen LogP contribution in [0, 0.1) is 28.6 Å². The number of fused-ring (bicyclic) bond motifs is 6. The minimum atomic E-state index is -1.79. The number of rotatable bonds is 12. The molecule has 1 amide bonds. The quantitative estimate of drug-likeness (QED) is 0.116. The topological polar surface area (TPSA) is 195 Å². The van der Waals surface area contributed by atoms with E-state index in [1.807, 2.05) is 49.4 Å². The van der Waals surface area contributed by atoms with Crippen molar-refractivity contribution in [1.82, 2.24) is 4.98 Å². The number of aromatic nitrogens is 1. The molecule has 3 aromatic carbocycles. The van der Waals surface area contributed by atoms with Crippen LogP contribution in [0.4, 0.5) is 5.69 Å². The predicted octanol–water partition coefficient (Wildman–Crippen LogP) is 6.40. The molecule has 0 aliphatic heterocycles. The van der Waals surface area contributed by atoms with Crippen molar-refractivity contribution in [3.05, 3.63) is 131 Å². The van der Waals surface area contributed by atoms with Gasteiger partial charge in [-0.2, -0.15) is 0 Å². The van der Waals surface area contributed by atoms with Crippen LogP contribution in [0.5, 0.6) is 0 Å². The van der Waals surface area contributed by atoms with Gasteiger partial charge in [0, 0.05) is 40.2 Å². The van der Waals surface area contributed by atoms with Crippen LogP contribution in [0.15, 0.2) is 109 Å². The smallest absolute Gasteiger partial charge is 0.338 e. The standard InChI is InChI=1S/C49H51N3O9/c1-47-19-15-37(53)24-35(47)12-14-39-40-16-20-49(59,48(40,2)25-41(54)43(39)47)42(55)28-61-46(58)32-9-7-31(8-10-32)45(57)60-27-29-3-5-30(6-4-29)38(17-21-50)44(56)52-36-13-11-34-26-51-22-18-33(34)23-36/h3-11,13,15,18-19,22-24,26,38-41,43,54,59H,12,14,16-17,20-21,25,27-28,50H2,1-2H3,(H,52,56)/t38?,39-,40-,41-,43+,47-,48-,49-/m0/s1. The molecule has 1 heterocycles. The van der Waals surface area contributed by atoms with Crippen molar-refractivity contribution in [2.24, 2.45) is 34.3 Å². The lowest BCUT2D eigenvalue weighted by Crippen LogP contribution is -2.61. The number of carbonyl (C=O) groups is 5. The van der Waals surface area contributed by atoms with Gasteiger partial charge in [0.2, 0.25) is 11.7 Å². The Bertz CT molecular complexity index is 2450. The van der Waals surface area contributed by atoms with E-state index < -0.39 is 52.8 Å². The molecule has 4 aromatic rings. The second-order valence-corrected chi connectivity index (χ2v) is 17.6. The molecule has 3 fully saturated rings. The molecule has 4 aliphatic rings. The number of benzene rings is 3. The molecular formula is C49H51N3O9. The van der Waals surface area contributed by atoms with Crippen molar-refractivity contribution >= 4 is 45.9 Å². The maximum atomic E-state index is 13.8. The van der Waals surface area contributed by atoms with Gasteiger partial charge in [0.05, 0.1) is 23.1 Å². The highest BCUT2D eigenvalue weighted by molar-refractivity contribution is 6.01. The molecule has 61 heavy (non-hydrogen) atoms. The van der Waals surface area contributed by atoms with Gasteiger partial charge in [-0.3, -0.25) is 19.4 Å². The number of amides is 1. The Morgan fingerprint density at radius 1 is 0.934 bits per heavy atom. The third kappa shape index (κ3) is 7.73. The summed E-state index contributed by atoms with van der Waals surface area (Å²) in [5, 5.41) is 28.6. The number of aliphatic hydroxyl groups is 2. The van der Waals surface area contributed by atoms with Crippen LogP contribution in [0.3, 0.4) is 0 Å². The number of carbonyl (C=O) groups excluding carboxylic acids is 5. The fourth-order valence-electron chi connectivity index (χ4n) is 10.9. The molecule has 0 bridgehead atoms. The third-order valence-electron chi connectivity index (χ3n) is 14.2. The highest BCUT2D eigenvalue weighted by Crippen LogP contribution is 2.67. The van der Waals surface area contributed by atoms with Gasteiger partial charge in [0.1, 0.15) is 12.2 Å². The van der Waals surface area contributed by atoms with Crippen molar-refractivity contribution in [2.75, 3.05) is 18.5 Å². The minimum Gasteiger partial charge on any atom is -0.457 e. The Hall–Kier alpha value is -5.82. The van der Waals surface area contributed by atoms with Crippen molar-refractivity contribution in [1.29, 1.82) is 0 Å². The van der Waals surface area contributed by atoms with E-state index in [4.69, 9.17) is 15.2 Å². The van der Waals surface area contributed by atoms with E-state index in [9.17, 15) is 34.2 Å². The van der Waals surface area contributed by atoms with Gasteiger partial charge in [-0.1, -0.05) is 55.8 Å². The zero-order valence-electron chi connectivity index (χ0n) is 34.3. The van der Waals surface area contributed by atoms with Gasteiger partial charge in [-0.25, -0.2) is 9.59 Å². The van der Waals surface area contributed by atoms with E-state index in [0.29, 0.717) is 37.1 Å². The summed E-state index contributed by atoms with van der Waals surface area (Å²) in [7, 11) is 0. The highest BCUT2D eigenvalue weighted by Gasteiger charge is 2.68. The van der Waals surface area contributed by atoms with Crippen LogP contribution < -0.4 is 11.1 Å². The second kappa shape index (κ2) is 16.6. The van der Waals surface area contributed by atoms with Gasteiger partial charge < -0.3 is 30.7 Å². The molecule has 8 rings (SSSR count). The zero-order valence-corrected chi connectivity index (χ0v) is 34.3. The Labute approximate surface area is 354 Å². The summed E-state index contributed by atoms with van der Waals surface area (Å²) in [4.78, 5) is 69.4. The first-order valence-corrected chi connectivity index (χ1v) is 21.0. The van der Waals surface area contributed by atoms with Crippen molar-refractivity contribution in [3.63, 3.8) is 0 Å². The summed E-state index contributed by atoms with van der Waals surface area (Å²) in [5.41, 5.74) is 6.21. The SMILES string of the molecule is C[C@]12C=CC(=O)C=C1CC[C@@H]1[C@@H]2[C@@H](O)C[C@@]2(C)[C@H]1CC[C@]2(O)C(=O)COC(=O)c1ccc(C(=O)OCc2ccc(C(CCN)C(=O)Nc3ccc4cnccc4c3)cc2)cc1. The second-order valence-electron chi connectivity index (χ2n) is 17.6. The first kappa shape index (κ1) is 41.9. The summed E-state index contributed by atoms with van der Waals surface area (Å²) in [6.45, 7) is 3.59. The molecule has 0 spiro atoms. The van der Waals surface area contributed by atoms with Crippen LogP contribution in [0.25, 0.3) is 10.8 Å². The van der Waals surface area contributed by atoms with E-state index in [1.165, 1.54) is 24.3 Å².